The van der Waals surface area contributed by atoms with E-state index in [4.69, 9.17) is 0 Å². The molecule has 1 aliphatic carbocycles. The zero-order valence-electron chi connectivity index (χ0n) is 9.88. The molecule has 1 aliphatic rings. The highest BCUT2D eigenvalue weighted by atomic mass is 79.9. The Balaban J connectivity index is 1.91. The normalized spacial score (nSPS) is 18.9. The van der Waals surface area contributed by atoms with Crippen molar-refractivity contribution in [3.63, 3.8) is 0 Å². The van der Waals surface area contributed by atoms with Crippen LogP contribution in [0.25, 0.3) is 0 Å². The highest BCUT2D eigenvalue weighted by molar-refractivity contribution is 9.09. The van der Waals surface area contributed by atoms with Crippen LogP contribution in [0.15, 0.2) is 17.5 Å². The van der Waals surface area contributed by atoms with Crippen LogP contribution < -0.4 is 5.32 Å². The number of halogens is 1. The van der Waals surface area contributed by atoms with Crippen LogP contribution in [0.3, 0.4) is 0 Å². The van der Waals surface area contributed by atoms with E-state index in [0.717, 1.165) is 23.0 Å². The first-order valence-corrected chi connectivity index (χ1v) is 8.14. The molecule has 0 spiro atoms. The van der Waals surface area contributed by atoms with Crippen LogP contribution in [-0.4, -0.2) is 16.8 Å². The molecule has 0 atom stereocenters. The largest absolute Gasteiger partial charge is 0.350 e. The Hall–Kier alpha value is -0.350. The van der Waals surface area contributed by atoms with Gasteiger partial charge in [0.1, 0.15) is 0 Å². The van der Waals surface area contributed by atoms with E-state index in [9.17, 15) is 4.79 Å². The van der Waals surface area contributed by atoms with Gasteiger partial charge in [0.2, 0.25) is 5.91 Å². The van der Waals surface area contributed by atoms with Crippen molar-refractivity contribution in [2.75, 3.05) is 5.33 Å². The number of hydrogen-bond donors (Lipinski definition) is 1. The van der Waals surface area contributed by atoms with Crippen molar-refractivity contribution in [1.29, 1.82) is 0 Å². The van der Waals surface area contributed by atoms with Gasteiger partial charge in [0.25, 0.3) is 0 Å². The second-order valence-electron chi connectivity index (χ2n) is 4.78. The van der Waals surface area contributed by atoms with Crippen molar-refractivity contribution < 1.29 is 4.79 Å². The van der Waals surface area contributed by atoms with Crippen LogP contribution in [0.5, 0.6) is 0 Å². The van der Waals surface area contributed by atoms with E-state index in [1.54, 1.807) is 11.3 Å². The second-order valence-corrected chi connectivity index (χ2v) is 6.37. The minimum atomic E-state index is 0.00654. The minimum absolute atomic E-state index is 0.00654. The molecule has 94 valence electrons. The Bertz CT molecular complexity index is 358. The third-order valence-corrected chi connectivity index (χ3v) is 5.34. The maximum atomic E-state index is 12.0. The first kappa shape index (κ1) is 13.1. The average Bonchev–Trinajstić information content (AvgIpc) is 2.83. The quantitative estimate of drug-likeness (QED) is 0.846. The van der Waals surface area contributed by atoms with E-state index < -0.39 is 0 Å². The first-order valence-electron chi connectivity index (χ1n) is 6.13. The van der Waals surface area contributed by atoms with Crippen LogP contribution in [0.4, 0.5) is 0 Å². The number of hydrogen-bond acceptors (Lipinski definition) is 2. The molecule has 0 aromatic carbocycles. The van der Waals surface area contributed by atoms with Crippen LogP contribution in [0.1, 0.15) is 37.0 Å². The van der Waals surface area contributed by atoms with Gasteiger partial charge < -0.3 is 5.32 Å². The van der Waals surface area contributed by atoms with Crippen molar-refractivity contribution >= 4 is 33.2 Å². The fraction of sp³-hybridized carbons (Fsp3) is 0.615. The lowest BCUT2D eigenvalue weighted by molar-refractivity contribution is -0.122. The van der Waals surface area contributed by atoms with Gasteiger partial charge in [-0.25, -0.2) is 0 Å². The SMILES string of the molecule is O=C(Cc1cccs1)NC1(CBr)CCCCC1. The molecular weight excluding hydrogens is 298 g/mol. The van der Waals surface area contributed by atoms with Crippen molar-refractivity contribution in [3.05, 3.63) is 22.4 Å². The third kappa shape index (κ3) is 3.55. The summed E-state index contributed by atoms with van der Waals surface area (Å²) in [6.07, 6.45) is 6.49. The van der Waals surface area contributed by atoms with Gasteiger partial charge in [0, 0.05) is 15.7 Å². The molecule has 1 fully saturated rings. The summed E-state index contributed by atoms with van der Waals surface area (Å²) in [6.45, 7) is 0. The fourth-order valence-electron chi connectivity index (χ4n) is 2.43. The lowest BCUT2D eigenvalue weighted by Crippen LogP contribution is -2.51. The molecule has 1 aromatic heterocycles. The van der Waals surface area contributed by atoms with Gasteiger partial charge in [-0.3, -0.25) is 4.79 Å². The molecule has 0 bridgehead atoms. The van der Waals surface area contributed by atoms with Crippen molar-refractivity contribution in [1.82, 2.24) is 5.32 Å². The number of carbonyl (C=O) groups is 1. The number of amides is 1. The van der Waals surface area contributed by atoms with Crippen LogP contribution in [-0.2, 0) is 11.2 Å². The molecule has 1 N–H and O–H groups in total. The maximum Gasteiger partial charge on any atom is 0.225 e. The monoisotopic (exact) mass is 315 g/mol. The summed E-state index contributed by atoms with van der Waals surface area (Å²) >= 11 is 5.21. The Labute approximate surface area is 115 Å². The van der Waals surface area contributed by atoms with Gasteiger partial charge in [0.05, 0.1) is 6.42 Å². The Morgan fingerprint density at radius 2 is 2.18 bits per heavy atom. The van der Waals surface area contributed by atoms with Gasteiger partial charge in [-0.15, -0.1) is 11.3 Å². The summed E-state index contributed by atoms with van der Waals surface area (Å²) < 4.78 is 0. The Morgan fingerprint density at radius 1 is 1.41 bits per heavy atom. The summed E-state index contributed by atoms with van der Waals surface area (Å²) in [5, 5.41) is 6.13. The van der Waals surface area contributed by atoms with Crippen LogP contribution in [0, 0.1) is 0 Å². The second kappa shape index (κ2) is 6.01. The number of rotatable bonds is 4. The smallest absolute Gasteiger partial charge is 0.225 e. The molecule has 1 amide bonds. The fourth-order valence-corrected chi connectivity index (χ4v) is 3.84. The predicted molar refractivity (Wildman–Crippen MR) is 75.8 cm³/mol. The molecule has 4 heteroatoms. The molecule has 1 saturated carbocycles. The van der Waals surface area contributed by atoms with E-state index in [1.165, 1.54) is 19.3 Å². The zero-order valence-corrected chi connectivity index (χ0v) is 12.3. The molecule has 17 heavy (non-hydrogen) atoms. The third-order valence-electron chi connectivity index (χ3n) is 3.39. The average molecular weight is 316 g/mol. The standard InChI is InChI=1S/C13H18BrNOS/c14-10-13(6-2-1-3-7-13)15-12(16)9-11-5-4-8-17-11/h4-5,8H,1-3,6-7,9-10H2,(H,15,16). The molecule has 1 heterocycles. The summed E-state index contributed by atoms with van der Waals surface area (Å²) in [5.74, 6) is 0.161. The molecule has 2 rings (SSSR count). The number of carbonyl (C=O) groups excluding carboxylic acids is 1. The molecule has 0 aliphatic heterocycles. The van der Waals surface area contributed by atoms with Gasteiger partial charge in [-0.05, 0) is 24.3 Å². The minimum Gasteiger partial charge on any atom is -0.350 e. The van der Waals surface area contributed by atoms with E-state index in [0.29, 0.717) is 6.42 Å². The molecule has 2 nitrogen and oxygen atoms in total. The van der Waals surface area contributed by atoms with Crippen molar-refractivity contribution in [2.24, 2.45) is 0 Å². The van der Waals surface area contributed by atoms with Crippen LogP contribution >= 0.6 is 27.3 Å². The maximum absolute atomic E-state index is 12.0. The van der Waals surface area contributed by atoms with Gasteiger partial charge in [-0.2, -0.15) is 0 Å². The summed E-state index contributed by atoms with van der Waals surface area (Å²) in [7, 11) is 0. The van der Waals surface area contributed by atoms with E-state index in [1.807, 2.05) is 17.5 Å². The number of thiophene rings is 1. The van der Waals surface area contributed by atoms with Crippen LogP contribution in [0.2, 0.25) is 0 Å². The van der Waals surface area contributed by atoms with Gasteiger partial charge >= 0.3 is 0 Å². The van der Waals surface area contributed by atoms with Crippen molar-refractivity contribution in [2.45, 2.75) is 44.1 Å². The highest BCUT2D eigenvalue weighted by Gasteiger charge is 2.32. The molecule has 0 saturated heterocycles. The van der Waals surface area contributed by atoms with E-state index in [-0.39, 0.29) is 11.4 Å². The summed E-state index contributed by atoms with van der Waals surface area (Å²) in [6, 6.07) is 4.01. The molecule has 0 unspecified atom stereocenters. The van der Waals surface area contributed by atoms with Gasteiger partial charge in [0.15, 0.2) is 0 Å². The lowest BCUT2D eigenvalue weighted by atomic mass is 9.83. The number of nitrogens with one attached hydrogen (secondary N) is 1. The molecule has 0 radical (unpaired) electrons. The topological polar surface area (TPSA) is 29.1 Å². The molecule has 1 aromatic rings. The molecular formula is C13H18BrNOS. The summed E-state index contributed by atoms with van der Waals surface area (Å²) in [4.78, 5) is 13.2. The van der Waals surface area contributed by atoms with Gasteiger partial charge in [-0.1, -0.05) is 41.3 Å². The first-order chi connectivity index (χ1) is 8.24. The lowest BCUT2D eigenvalue weighted by Gasteiger charge is -2.36. The number of alkyl halides is 1. The predicted octanol–water partition coefficient (Wildman–Crippen LogP) is 3.50. The van der Waals surface area contributed by atoms with E-state index >= 15 is 0 Å². The van der Waals surface area contributed by atoms with E-state index in [2.05, 4.69) is 21.2 Å². The highest BCUT2D eigenvalue weighted by Crippen LogP contribution is 2.29. The summed E-state index contributed by atoms with van der Waals surface area (Å²) in [5.41, 5.74) is 0.00654. The Kier molecular flexibility index (Phi) is 4.62. The van der Waals surface area contributed by atoms with Crippen molar-refractivity contribution in [3.8, 4) is 0 Å². The Morgan fingerprint density at radius 3 is 2.76 bits per heavy atom. The zero-order chi connectivity index (χ0) is 12.1.